The van der Waals surface area contributed by atoms with Crippen LogP contribution in [-0.4, -0.2) is 54.3 Å². The van der Waals surface area contributed by atoms with Crippen LogP contribution in [0.25, 0.3) is 0 Å². The lowest BCUT2D eigenvalue weighted by atomic mass is 10.0. The van der Waals surface area contributed by atoms with Gasteiger partial charge in [-0.25, -0.2) is 4.57 Å². The lowest BCUT2D eigenvalue weighted by Crippen LogP contribution is -2.27. The van der Waals surface area contributed by atoms with Crippen LogP contribution in [0.5, 0.6) is 0 Å². The van der Waals surface area contributed by atoms with Gasteiger partial charge < -0.3 is 20.1 Å². The van der Waals surface area contributed by atoms with Crippen molar-refractivity contribution in [2.24, 2.45) is 0 Å². The van der Waals surface area contributed by atoms with Crippen molar-refractivity contribution in [1.29, 1.82) is 0 Å². The Balaban J connectivity index is 3.50. The van der Waals surface area contributed by atoms with Crippen LogP contribution < -0.4 is 5.32 Å². The fraction of sp³-hybridized carbons (Fsp3) is 0.960. The monoisotopic (exact) mass is 874 g/mol. The molecule has 1 amide bonds. The third kappa shape index (κ3) is 48.0. The second-order valence-electron chi connectivity index (χ2n) is 17.9. The van der Waals surface area contributed by atoms with Gasteiger partial charge >= 0.3 is 13.8 Å². The number of aliphatic hydroxyl groups excluding tert-OH is 1. The maximum atomic E-state index is 12.1. The largest absolute Gasteiger partial charge is 0.472 e. The van der Waals surface area contributed by atoms with E-state index in [4.69, 9.17) is 13.8 Å². The number of carbonyl (C=O) groups is 2. The van der Waals surface area contributed by atoms with Crippen molar-refractivity contribution in [3.8, 4) is 0 Å². The molecule has 0 fully saturated rings. The molecule has 0 spiro atoms. The third-order valence-electron chi connectivity index (χ3n) is 11.8. The summed E-state index contributed by atoms with van der Waals surface area (Å²) in [6, 6.07) is 0. The molecule has 0 saturated carbocycles. The van der Waals surface area contributed by atoms with Crippen LogP contribution in [0.2, 0.25) is 0 Å². The smallest absolute Gasteiger partial charge is 0.463 e. The summed E-state index contributed by atoms with van der Waals surface area (Å²) in [5, 5.41) is 12.8. The van der Waals surface area contributed by atoms with E-state index < -0.39 is 26.5 Å². The SMILES string of the molecule is CCCCCCCCCCCCCCCCCCCCCCCC(=O)OCC(O)COP(=O)(O)OCCNC(=O)CCCCCCCCCCCCCCCCCCCC. The highest BCUT2D eigenvalue weighted by atomic mass is 31.2. The Labute approximate surface area is 371 Å². The van der Waals surface area contributed by atoms with Gasteiger partial charge in [-0.1, -0.05) is 251 Å². The molecular formula is C50H100NO8P. The summed E-state index contributed by atoms with van der Waals surface area (Å²) in [5.74, 6) is -0.498. The zero-order chi connectivity index (χ0) is 43.9. The highest BCUT2D eigenvalue weighted by Gasteiger charge is 2.23. The van der Waals surface area contributed by atoms with E-state index in [1.54, 1.807) is 0 Å². The van der Waals surface area contributed by atoms with E-state index in [2.05, 4.69) is 19.2 Å². The normalized spacial score (nSPS) is 13.1. The van der Waals surface area contributed by atoms with Crippen molar-refractivity contribution in [2.75, 3.05) is 26.4 Å². The zero-order valence-corrected chi connectivity index (χ0v) is 40.6. The van der Waals surface area contributed by atoms with Crippen LogP contribution in [0.15, 0.2) is 0 Å². The van der Waals surface area contributed by atoms with Gasteiger partial charge in [-0.2, -0.15) is 0 Å². The van der Waals surface area contributed by atoms with Crippen molar-refractivity contribution in [3.05, 3.63) is 0 Å². The minimum atomic E-state index is -4.41. The van der Waals surface area contributed by atoms with Crippen LogP contribution in [0, 0.1) is 0 Å². The highest BCUT2D eigenvalue weighted by molar-refractivity contribution is 7.47. The summed E-state index contributed by atoms with van der Waals surface area (Å²) in [4.78, 5) is 34.1. The molecule has 358 valence electrons. The van der Waals surface area contributed by atoms with Crippen LogP contribution in [0.1, 0.15) is 277 Å². The Morgan fingerprint density at radius 3 is 1.08 bits per heavy atom. The molecule has 2 unspecified atom stereocenters. The van der Waals surface area contributed by atoms with E-state index in [0.29, 0.717) is 12.8 Å². The molecule has 0 rings (SSSR count). The fourth-order valence-corrected chi connectivity index (χ4v) is 8.61. The Bertz CT molecular complexity index is 953. The Hall–Kier alpha value is -0.990. The van der Waals surface area contributed by atoms with Gasteiger partial charge in [0.1, 0.15) is 12.7 Å². The lowest BCUT2D eigenvalue weighted by Gasteiger charge is -2.15. The van der Waals surface area contributed by atoms with Gasteiger partial charge in [0.2, 0.25) is 5.91 Å². The first-order valence-corrected chi connectivity index (χ1v) is 27.5. The number of esters is 1. The second-order valence-corrected chi connectivity index (χ2v) is 19.3. The molecule has 2 atom stereocenters. The number of nitrogens with one attached hydrogen (secondary N) is 1. The van der Waals surface area contributed by atoms with Crippen molar-refractivity contribution in [3.63, 3.8) is 0 Å². The number of unbranched alkanes of at least 4 members (excludes halogenated alkanes) is 37. The number of phosphoric ester groups is 1. The minimum absolute atomic E-state index is 0.0888. The molecule has 0 bridgehead atoms. The van der Waals surface area contributed by atoms with Gasteiger partial charge in [0.05, 0.1) is 13.2 Å². The van der Waals surface area contributed by atoms with Gasteiger partial charge in [0.25, 0.3) is 0 Å². The molecule has 0 aromatic rings. The van der Waals surface area contributed by atoms with Gasteiger partial charge in [0, 0.05) is 19.4 Å². The maximum absolute atomic E-state index is 12.1. The minimum Gasteiger partial charge on any atom is -0.463 e. The number of amides is 1. The summed E-state index contributed by atoms with van der Waals surface area (Å²) in [6.45, 7) is 3.63. The first-order valence-electron chi connectivity index (χ1n) is 26.0. The molecule has 0 saturated heterocycles. The summed E-state index contributed by atoms with van der Waals surface area (Å²) >= 11 is 0. The van der Waals surface area contributed by atoms with Crippen LogP contribution >= 0.6 is 7.82 Å². The quantitative estimate of drug-likeness (QED) is 0.0313. The van der Waals surface area contributed by atoms with Gasteiger partial charge in [0.15, 0.2) is 0 Å². The summed E-state index contributed by atoms with van der Waals surface area (Å²) in [6.07, 6.45) is 50.4. The van der Waals surface area contributed by atoms with Crippen LogP contribution in [0.4, 0.5) is 0 Å². The van der Waals surface area contributed by atoms with Crippen molar-refractivity contribution >= 4 is 19.7 Å². The predicted molar refractivity (Wildman–Crippen MR) is 252 cm³/mol. The van der Waals surface area contributed by atoms with Crippen molar-refractivity contribution in [1.82, 2.24) is 5.32 Å². The Morgan fingerprint density at radius 2 is 0.750 bits per heavy atom. The third-order valence-corrected chi connectivity index (χ3v) is 12.8. The number of hydrogen-bond acceptors (Lipinski definition) is 7. The highest BCUT2D eigenvalue weighted by Crippen LogP contribution is 2.42. The van der Waals surface area contributed by atoms with Crippen molar-refractivity contribution in [2.45, 2.75) is 283 Å². The van der Waals surface area contributed by atoms with Gasteiger partial charge in [-0.05, 0) is 12.8 Å². The number of carbonyl (C=O) groups excluding carboxylic acids is 2. The first-order chi connectivity index (χ1) is 29.3. The molecule has 9 nitrogen and oxygen atoms in total. The summed E-state index contributed by atoms with van der Waals surface area (Å²) < 4.78 is 27.0. The average Bonchev–Trinajstić information content (AvgIpc) is 3.23. The van der Waals surface area contributed by atoms with E-state index in [1.807, 2.05) is 0 Å². The lowest BCUT2D eigenvalue weighted by molar-refractivity contribution is -0.147. The Morgan fingerprint density at radius 1 is 0.450 bits per heavy atom. The molecule has 0 aliphatic heterocycles. The van der Waals surface area contributed by atoms with Crippen LogP contribution in [-0.2, 0) is 27.9 Å². The number of ether oxygens (including phenoxy) is 1. The first kappa shape index (κ1) is 59.0. The average molecular weight is 874 g/mol. The van der Waals surface area contributed by atoms with Gasteiger partial charge in [-0.3, -0.25) is 18.6 Å². The van der Waals surface area contributed by atoms with E-state index in [0.717, 1.165) is 38.5 Å². The predicted octanol–water partition coefficient (Wildman–Crippen LogP) is 15.2. The molecular weight excluding hydrogens is 774 g/mol. The molecule has 0 heterocycles. The standard InChI is InChI=1S/C50H100NO8P/c1-3-5-7-9-11-13-15-17-19-21-23-24-25-27-29-31-33-35-37-39-41-43-50(54)57-46-48(52)47-59-60(55,56)58-45-44-51-49(53)42-40-38-36-34-32-30-28-26-22-20-18-16-14-12-10-8-6-4-2/h48,52H,3-47H2,1-2H3,(H,51,53)(H,55,56). The maximum Gasteiger partial charge on any atom is 0.472 e. The summed E-state index contributed by atoms with van der Waals surface area (Å²) in [7, 11) is -4.41. The fourth-order valence-electron chi connectivity index (χ4n) is 7.86. The number of phosphoric acid groups is 1. The molecule has 0 aliphatic carbocycles. The Kier molecular flexibility index (Phi) is 46.7. The zero-order valence-electron chi connectivity index (χ0n) is 39.7. The second kappa shape index (κ2) is 47.5. The van der Waals surface area contributed by atoms with Crippen molar-refractivity contribution < 1.29 is 37.9 Å². The molecule has 60 heavy (non-hydrogen) atoms. The van der Waals surface area contributed by atoms with Crippen LogP contribution in [0.3, 0.4) is 0 Å². The molecule has 10 heteroatoms. The van der Waals surface area contributed by atoms with Gasteiger partial charge in [-0.15, -0.1) is 0 Å². The number of hydrogen-bond donors (Lipinski definition) is 3. The van der Waals surface area contributed by atoms with E-state index >= 15 is 0 Å². The molecule has 0 aliphatic rings. The van der Waals surface area contributed by atoms with E-state index in [9.17, 15) is 24.2 Å². The molecule has 0 aromatic heterocycles. The molecule has 0 aromatic carbocycles. The molecule has 3 N–H and O–H groups in total. The number of aliphatic hydroxyl groups is 1. The molecule has 0 radical (unpaired) electrons. The topological polar surface area (TPSA) is 131 Å². The number of rotatable bonds is 50. The van der Waals surface area contributed by atoms with E-state index in [-0.39, 0.29) is 25.7 Å². The van der Waals surface area contributed by atoms with E-state index in [1.165, 1.54) is 212 Å². The summed E-state index contributed by atoms with van der Waals surface area (Å²) in [5.41, 5.74) is 0.